The number of benzene rings is 2. The third-order valence-corrected chi connectivity index (χ3v) is 5.52. The van der Waals surface area contributed by atoms with E-state index < -0.39 is 0 Å². The summed E-state index contributed by atoms with van der Waals surface area (Å²) in [4.78, 5) is 1.94. The topological polar surface area (TPSA) is 71.4 Å². The number of fused-ring (bicyclic) bond motifs is 1. The number of likely N-dealkylation sites (N-methyl/N-ethyl adjacent to an activating group) is 1. The smallest absolute Gasteiger partial charge is 0.165 e. The molecule has 2 unspecified atom stereocenters. The summed E-state index contributed by atoms with van der Waals surface area (Å²) in [7, 11) is 5.09. The maximum absolute atomic E-state index is 10.6. The minimum Gasteiger partial charge on any atom is -0.504 e. The molecule has 0 aromatic heterocycles. The van der Waals surface area contributed by atoms with Crippen LogP contribution in [-0.4, -0.2) is 49.5 Å². The predicted octanol–water partition coefficient (Wildman–Crippen LogP) is 4.53. The van der Waals surface area contributed by atoms with Crippen LogP contribution in [0.25, 0.3) is 6.08 Å². The van der Waals surface area contributed by atoms with Crippen LogP contribution in [0.1, 0.15) is 48.1 Å². The Morgan fingerprint density at radius 2 is 1.84 bits per heavy atom. The summed E-state index contributed by atoms with van der Waals surface area (Å²) in [6, 6.07) is 7.89. The van der Waals surface area contributed by atoms with E-state index in [1.165, 1.54) is 0 Å². The van der Waals surface area contributed by atoms with E-state index in [4.69, 9.17) is 14.2 Å². The van der Waals surface area contributed by atoms with Crippen LogP contribution < -0.4 is 14.2 Å². The Morgan fingerprint density at radius 3 is 2.45 bits per heavy atom. The van der Waals surface area contributed by atoms with Crippen molar-refractivity contribution in [2.75, 3.05) is 34.4 Å². The minimum atomic E-state index is -0.230. The van der Waals surface area contributed by atoms with Crippen molar-refractivity contribution in [2.45, 2.75) is 32.4 Å². The molecule has 0 radical (unpaired) electrons. The van der Waals surface area contributed by atoms with Gasteiger partial charge < -0.3 is 24.4 Å². The van der Waals surface area contributed by atoms with Gasteiger partial charge in [-0.15, -0.1) is 12.4 Å². The van der Waals surface area contributed by atoms with E-state index in [2.05, 4.69) is 13.0 Å². The fourth-order valence-corrected chi connectivity index (χ4v) is 3.97. The Bertz CT molecular complexity index is 931. The van der Waals surface area contributed by atoms with E-state index in [0.717, 1.165) is 28.0 Å². The average Bonchev–Trinajstić information content (AvgIpc) is 3.06. The van der Waals surface area contributed by atoms with Gasteiger partial charge in [-0.2, -0.15) is 0 Å². The van der Waals surface area contributed by atoms with E-state index in [0.29, 0.717) is 24.6 Å². The van der Waals surface area contributed by atoms with Crippen LogP contribution in [0, 0.1) is 0 Å². The monoisotopic (exact) mass is 449 g/mol. The van der Waals surface area contributed by atoms with Gasteiger partial charge in [-0.3, -0.25) is 4.90 Å². The summed E-state index contributed by atoms with van der Waals surface area (Å²) < 4.78 is 17.4. The number of methoxy groups -OCH3 is 2. The molecule has 31 heavy (non-hydrogen) atoms. The van der Waals surface area contributed by atoms with Gasteiger partial charge in [0.05, 0.1) is 20.8 Å². The van der Waals surface area contributed by atoms with Crippen LogP contribution in [0.3, 0.4) is 0 Å². The number of hydrogen-bond acceptors (Lipinski definition) is 6. The van der Waals surface area contributed by atoms with Crippen LogP contribution in [-0.2, 0) is 6.54 Å². The summed E-state index contributed by atoms with van der Waals surface area (Å²) in [5, 5.41) is 19.8. The third kappa shape index (κ3) is 5.09. The molecule has 2 N–H and O–H groups in total. The number of aliphatic hydroxyl groups excluding tert-OH is 1. The lowest BCUT2D eigenvalue weighted by Gasteiger charge is -2.21. The third-order valence-electron chi connectivity index (χ3n) is 5.52. The number of allylic oxidation sites excluding steroid dienone is 1. The molecular weight excluding hydrogens is 418 g/mol. The largest absolute Gasteiger partial charge is 0.504 e. The first-order valence-corrected chi connectivity index (χ1v) is 10.1. The van der Waals surface area contributed by atoms with Crippen molar-refractivity contribution in [3.05, 3.63) is 52.6 Å². The highest BCUT2D eigenvalue weighted by Gasteiger charge is 2.35. The first kappa shape index (κ1) is 24.9. The standard InChI is InChI=1S/C24H31NO5.ClH/c1-6-7-16-10-19-15(2)23(30-24(19)21(11-16)29-5)17-12-18(14-25(3)8-9-26)22(27)20(13-17)28-4;/h6-7,10-13,15,23,26-27H,8-9,14H2,1-5H3;1H/b7-6+;. The molecular formula is C24H32ClNO5. The summed E-state index contributed by atoms with van der Waals surface area (Å²) >= 11 is 0. The Kier molecular flexibility index (Phi) is 8.62. The Labute approximate surface area is 190 Å². The van der Waals surface area contributed by atoms with E-state index in [1.807, 2.05) is 49.2 Å². The molecule has 0 fully saturated rings. The van der Waals surface area contributed by atoms with Gasteiger partial charge in [-0.1, -0.05) is 19.1 Å². The van der Waals surface area contributed by atoms with Crippen LogP contribution >= 0.6 is 12.4 Å². The quantitative estimate of drug-likeness (QED) is 0.617. The number of rotatable bonds is 8. The molecule has 2 aromatic carbocycles. The van der Waals surface area contributed by atoms with E-state index in [9.17, 15) is 10.2 Å². The molecule has 0 bridgehead atoms. The second-order valence-electron chi connectivity index (χ2n) is 7.66. The van der Waals surface area contributed by atoms with Crippen LogP contribution in [0.2, 0.25) is 0 Å². The number of aromatic hydroxyl groups is 1. The van der Waals surface area contributed by atoms with Crippen LogP contribution in [0.4, 0.5) is 0 Å². The Morgan fingerprint density at radius 1 is 1.13 bits per heavy atom. The molecule has 0 saturated heterocycles. The second kappa shape index (κ2) is 10.8. The molecule has 2 aromatic rings. The first-order valence-electron chi connectivity index (χ1n) is 10.1. The maximum atomic E-state index is 10.6. The number of ether oxygens (including phenoxy) is 3. The highest BCUT2D eigenvalue weighted by molar-refractivity contribution is 5.85. The molecule has 0 amide bonds. The van der Waals surface area contributed by atoms with Crippen molar-refractivity contribution >= 4 is 18.5 Å². The van der Waals surface area contributed by atoms with E-state index in [1.54, 1.807) is 14.2 Å². The first-order chi connectivity index (χ1) is 14.4. The highest BCUT2D eigenvalue weighted by atomic mass is 35.5. The molecule has 1 aliphatic rings. The zero-order valence-corrected chi connectivity index (χ0v) is 19.5. The molecule has 0 aliphatic carbocycles. The highest BCUT2D eigenvalue weighted by Crippen LogP contribution is 2.51. The molecule has 2 atom stereocenters. The summed E-state index contributed by atoms with van der Waals surface area (Å²) in [5.41, 5.74) is 3.82. The van der Waals surface area contributed by atoms with Crippen molar-refractivity contribution in [1.29, 1.82) is 0 Å². The van der Waals surface area contributed by atoms with Crippen molar-refractivity contribution < 1.29 is 24.4 Å². The second-order valence-corrected chi connectivity index (χ2v) is 7.66. The van der Waals surface area contributed by atoms with Gasteiger partial charge in [0.15, 0.2) is 23.0 Å². The zero-order valence-electron chi connectivity index (χ0n) is 18.7. The lowest BCUT2D eigenvalue weighted by molar-refractivity contribution is 0.205. The van der Waals surface area contributed by atoms with Gasteiger partial charge in [0.2, 0.25) is 0 Å². The Balaban J connectivity index is 0.00000341. The molecule has 1 heterocycles. The van der Waals surface area contributed by atoms with Gasteiger partial charge in [0, 0.05) is 30.1 Å². The van der Waals surface area contributed by atoms with Gasteiger partial charge >= 0.3 is 0 Å². The van der Waals surface area contributed by atoms with Crippen LogP contribution in [0.15, 0.2) is 30.3 Å². The number of hydrogen-bond donors (Lipinski definition) is 2. The van der Waals surface area contributed by atoms with E-state index >= 15 is 0 Å². The number of phenolic OH excluding ortho intramolecular Hbond substituents is 1. The molecule has 170 valence electrons. The Hall–Kier alpha value is -2.41. The predicted molar refractivity (Wildman–Crippen MR) is 125 cm³/mol. The summed E-state index contributed by atoms with van der Waals surface area (Å²) in [5.74, 6) is 2.09. The maximum Gasteiger partial charge on any atom is 0.165 e. The molecule has 3 rings (SSSR count). The fraction of sp³-hybridized carbons (Fsp3) is 0.417. The lowest BCUT2D eigenvalue weighted by atomic mass is 9.90. The van der Waals surface area contributed by atoms with Crippen molar-refractivity contribution in [3.63, 3.8) is 0 Å². The number of halogens is 1. The summed E-state index contributed by atoms with van der Waals surface area (Å²) in [6.07, 6.45) is 3.81. The van der Waals surface area contributed by atoms with Gasteiger partial charge in [-0.25, -0.2) is 0 Å². The van der Waals surface area contributed by atoms with Crippen molar-refractivity contribution in [3.8, 4) is 23.0 Å². The number of aliphatic hydroxyl groups is 1. The summed E-state index contributed by atoms with van der Waals surface area (Å²) in [6.45, 7) is 5.17. The minimum absolute atomic E-state index is 0. The van der Waals surface area contributed by atoms with Gasteiger partial charge in [0.1, 0.15) is 6.10 Å². The number of phenols is 1. The fourth-order valence-electron chi connectivity index (χ4n) is 3.97. The molecule has 0 spiro atoms. The van der Waals surface area contributed by atoms with Crippen molar-refractivity contribution in [1.82, 2.24) is 4.90 Å². The lowest BCUT2D eigenvalue weighted by Crippen LogP contribution is -2.22. The van der Waals surface area contributed by atoms with Gasteiger partial charge in [-0.05, 0) is 49.4 Å². The SMILES string of the molecule is C/C=C/c1cc(OC)c2c(c1)C(C)C(c1cc(CN(C)CCO)c(O)c(OC)c1)O2.Cl. The molecule has 6 nitrogen and oxygen atoms in total. The normalized spacial score (nSPS) is 17.4. The molecule has 7 heteroatoms. The van der Waals surface area contributed by atoms with Crippen LogP contribution in [0.5, 0.6) is 23.0 Å². The molecule has 0 saturated carbocycles. The van der Waals surface area contributed by atoms with Gasteiger partial charge in [0.25, 0.3) is 0 Å². The number of nitrogens with zero attached hydrogens (tertiary/aromatic N) is 1. The van der Waals surface area contributed by atoms with E-state index in [-0.39, 0.29) is 36.8 Å². The molecule has 1 aliphatic heterocycles. The van der Waals surface area contributed by atoms with Crippen molar-refractivity contribution in [2.24, 2.45) is 0 Å². The zero-order chi connectivity index (χ0) is 21.8. The average molecular weight is 450 g/mol.